The topological polar surface area (TPSA) is 78.9 Å². The molecule has 0 amide bonds. The van der Waals surface area contributed by atoms with Gasteiger partial charge in [0, 0.05) is 0 Å². The number of hydrogen-bond acceptors (Lipinski definition) is 6. The zero-order chi connectivity index (χ0) is 24.6. The maximum absolute atomic E-state index is 13.6. The average Bonchev–Trinajstić information content (AvgIpc) is 2.83. The van der Waals surface area contributed by atoms with Gasteiger partial charge in [0.1, 0.15) is 0 Å². The van der Waals surface area contributed by atoms with Gasteiger partial charge in [-0.25, -0.2) is 0 Å². The van der Waals surface area contributed by atoms with Gasteiger partial charge in [0.15, 0.2) is 0 Å². The molecule has 0 spiro atoms. The van der Waals surface area contributed by atoms with Crippen LogP contribution in [0.4, 0.5) is 0 Å². The molecule has 4 aliphatic carbocycles. The molecule has 0 unspecified atom stereocenters. The number of hydrogen-bond donors (Lipinski definition) is 0. The predicted molar refractivity (Wildman–Crippen MR) is 138 cm³/mol. The number of benzene rings is 2. The normalized spacial score (nSPS) is 26.5. The van der Waals surface area contributed by atoms with E-state index in [-0.39, 0.29) is 11.5 Å². The van der Waals surface area contributed by atoms with E-state index in [0.29, 0.717) is 29.1 Å². The molecule has 2 aromatic carbocycles. The number of carbonyl (C=O) groups is 3. The van der Waals surface area contributed by atoms with Gasteiger partial charge in [0.05, 0.1) is 0 Å². The Bertz CT molecular complexity index is 1100. The molecule has 6 rings (SSSR count). The van der Waals surface area contributed by atoms with Crippen LogP contribution in [-0.2, 0) is 15.7 Å². The van der Waals surface area contributed by atoms with E-state index in [4.69, 9.17) is 10.9 Å². The fourth-order valence-corrected chi connectivity index (χ4v) is 9.14. The third-order valence-corrected chi connectivity index (χ3v) is 10.6. The molecule has 0 aromatic heterocycles. The molecule has 4 aliphatic rings. The summed E-state index contributed by atoms with van der Waals surface area (Å²) in [4.78, 5) is 38.3. The van der Waals surface area contributed by atoms with Crippen LogP contribution in [-0.4, -0.2) is 17.9 Å². The molecule has 2 aromatic rings. The van der Waals surface area contributed by atoms with Crippen molar-refractivity contribution in [3.8, 4) is 5.75 Å². The van der Waals surface area contributed by atoms with Crippen LogP contribution in [0, 0.1) is 26.7 Å². The SMILES string of the molecule is C=C(C)C(=O)Oc1ccc(C(=O)OI(OC(=O)C23CC4CC(CC(C4)C2)C3)c2ccccc2)cc1. The second-order valence-electron chi connectivity index (χ2n) is 10.1. The molecule has 0 radical (unpaired) electrons. The van der Waals surface area contributed by atoms with E-state index < -0.39 is 38.0 Å². The fourth-order valence-electron chi connectivity index (χ4n) is 6.09. The summed E-state index contributed by atoms with van der Waals surface area (Å²) < 4.78 is 17.9. The summed E-state index contributed by atoms with van der Waals surface area (Å²) in [6.45, 7) is 5.12. The van der Waals surface area contributed by atoms with Crippen LogP contribution in [0.3, 0.4) is 0 Å². The van der Waals surface area contributed by atoms with Crippen molar-refractivity contribution in [1.29, 1.82) is 0 Å². The van der Waals surface area contributed by atoms with Gasteiger partial charge in [0.2, 0.25) is 0 Å². The van der Waals surface area contributed by atoms with Crippen molar-refractivity contribution in [1.82, 2.24) is 0 Å². The average molecular weight is 588 g/mol. The standard InChI is InChI=1S/C28H29IO6/c1-18(2)25(30)33-24-10-8-22(9-11-24)26(31)34-29(23-6-4-3-5-7-23)35-27(32)28-15-19-12-20(16-28)14-21(13-19)17-28/h3-11,19-21H,1,12-17H2,2H3. The summed E-state index contributed by atoms with van der Waals surface area (Å²) in [5.74, 6) is 0.889. The Labute approximate surface area is 213 Å². The molecule has 6 nitrogen and oxygen atoms in total. The molecule has 7 heteroatoms. The molecule has 0 aliphatic heterocycles. The van der Waals surface area contributed by atoms with Gasteiger partial charge in [0.25, 0.3) is 0 Å². The van der Waals surface area contributed by atoms with Crippen LogP contribution in [0.15, 0.2) is 66.7 Å². The van der Waals surface area contributed by atoms with Crippen LogP contribution >= 0.6 is 20.6 Å². The summed E-state index contributed by atoms with van der Waals surface area (Å²) in [7, 11) is 0. The van der Waals surface area contributed by atoms with Gasteiger partial charge in [-0.2, -0.15) is 0 Å². The monoisotopic (exact) mass is 588 g/mol. The van der Waals surface area contributed by atoms with E-state index in [9.17, 15) is 14.4 Å². The van der Waals surface area contributed by atoms with Crippen molar-refractivity contribution in [2.45, 2.75) is 45.4 Å². The molecule has 0 heterocycles. The summed E-state index contributed by atoms with van der Waals surface area (Å²) in [5.41, 5.74) is 0.163. The summed E-state index contributed by atoms with van der Waals surface area (Å²) in [5, 5.41) is 0. The molecule has 4 saturated carbocycles. The van der Waals surface area contributed by atoms with E-state index in [1.807, 2.05) is 30.3 Å². The minimum absolute atomic E-state index is 0.180. The second kappa shape index (κ2) is 9.76. The Morgan fingerprint density at radius 2 is 1.43 bits per heavy atom. The summed E-state index contributed by atoms with van der Waals surface area (Å²) in [6.07, 6.45) is 6.40. The van der Waals surface area contributed by atoms with Crippen molar-refractivity contribution < 1.29 is 25.3 Å². The third-order valence-electron chi connectivity index (χ3n) is 7.31. The van der Waals surface area contributed by atoms with Crippen molar-refractivity contribution in [2.24, 2.45) is 23.2 Å². The van der Waals surface area contributed by atoms with Crippen molar-refractivity contribution >= 4 is 38.6 Å². The quantitative estimate of drug-likeness (QED) is 0.164. The molecular weight excluding hydrogens is 559 g/mol. The Morgan fingerprint density at radius 1 is 0.857 bits per heavy atom. The third kappa shape index (κ3) is 5.15. The zero-order valence-corrected chi connectivity index (χ0v) is 21.9. The van der Waals surface area contributed by atoms with E-state index in [0.717, 1.165) is 22.8 Å². The number of carbonyl (C=O) groups excluding carboxylic acids is 3. The van der Waals surface area contributed by atoms with Crippen LogP contribution in [0.5, 0.6) is 5.75 Å². The van der Waals surface area contributed by atoms with E-state index in [1.165, 1.54) is 43.5 Å². The fraction of sp³-hybridized carbons (Fsp3) is 0.393. The Balaban J connectivity index is 1.31. The van der Waals surface area contributed by atoms with Crippen LogP contribution in [0.2, 0.25) is 0 Å². The van der Waals surface area contributed by atoms with Crippen LogP contribution < -0.4 is 4.74 Å². The molecule has 35 heavy (non-hydrogen) atoms. The summed E-state index contributed by atoms with van der Waals surface area (Å²) in [6, 6.07) is 15.4. The predicted octanol–water partition coefficient (Wildman–Crippen LogP) is 6.29. The number of halogens is 1. The van der Waals surface area contributed by atoms with Crippen LogP contribution in [0.1, 0.15) is 55.8 Å². The first kappa shape index (κ1) is 24.0. The Hall–Kier alpha value is -2.68. The van der Waals surface area contributed by atoms with Crippen molar-refractivity contribution in [3.05, 3.63) is 75.9 Å². The molecular formula is C28H29IO6. The minimum atomic E-state index is -3.07. The van der Waals surface area contributed by atoms with E-state index in [1.54, 1.807) is 6.92 Å². The van der Waals surface area contributed by atoms with Crippen LogP contribution in [0.25, 0.3) is 0 Å². The first-order chi connectivity index (χ1) is 16.8. The number of esters is 1. The molecule has 0 atom stereocenters. The van der Waals surface area contributed by atoms with Gasteiger partial charge in [-0.15, -0.1) is 0 Å². The molecule has 4 fully saturated rings. The van der Waals surface area contributed by atoms with Gasteiger partial charge in [-0.05, 0) is 0 Å². The number of rotatable bonds is 7. The summed E-state index contributed by atoms with van der Waals surface area (Å²) >= 11 is -3.07. The van der Waals surface area contributed by atoms with E-state index >= 15 is 0 Å². The Morgan fingerprint density at radius 3 is 1.97 bits per heavy atom. The maximum atomic E-state index is 13.6. The number of ether oxygens (including phenoxy) is 1. The van der Waals surface area contributed by atoms with Gasteiger partial charge in [-0.1, -0.05) is 0 Å². The molecule has 184 valence electrons. The van der Waals surface area contributed by atoms with E-state index in [2.05, 4.69) is 6.58 Å². The van der Waals surface area contributed by atoms with Crippen molar-refractivity contribution in [3.63, 3.8) is 0 Å². The second-order valence-corrected chi connectivity index (χ2v) is 13.5. The van der Waals surface area contributed by atoms with Crippen molar-refractivity contribution in [2.75, 3.05) is 0 Å². The van der Waals surface area contributed by atoms with Gasteiger partial charge in [-0.3, -0.25) is 0 Å². The first-order valence-corrected chi connectivity index (χ1v) is 14.8. The molecule has 0 N–H and O–H groups in total. The van der Waals surface area contributed by atoms with Gasteiger partial charge >= 0.3 is 214 Å². The molecule has 0 saturated heterocycles. The first-order valence-electron chi connectivity index (χ1n) is 12.0. The Kier molecular flexibility index (Phi) is 6.70. The zero-order valence-electron chi connectivity index (χ0n) is 19.7. The molecule has 4 bridgehead atoms. The van der Waals surface area contributed by atoms with Gasteiger partial charge < -0.3 is 0 Å².